The molecule has 0 atom stereocenters. The SMILES string of the molecule is COc1ccc(-c2csc(NC(=O)CCc3ccc(N(CCF)CC(F)(F)Cl)cc3)n2)cc1. The maximum atomic E-state index is 13.1. The number of methoxy groups -OCH3 is 1. The third kappa shape index (κ3) is 7.64. The number of rotatable bonds is 11. The molecule has 0 bridgehead atoms. The zero-order valence-corrected chi connectivity index (χ0v) is 19.4. The summed E-state index contributed by atoms with van der Waals surface area (Å²) in [7, 11) is 1.60. The second-order valence-electron chi connectivity index (χ2n) is 7.21. The number of alkyl halides is 4. The highest BCUT2D eigenvalue weighted by Crippen LogP contribution is 2.27. The van der Waals surface area contributed by atoms with Gasteiger partial charge in [-0.05, 0) is 60.0 Å². The van der Waals surface area contributed by atoms with Gasteiger partial charge in [-0.15, -0.1) is 11.3 Å². The quantitative estimate of drug-likeness (QED) is 0.330. The molecule has 0 saturated heterocycles. The van der Waals surface area contributed by atoms with Gasteiger partial charge in [0.1, 0.15) is 12.4 Å². The molecule has 5 nitrogen and oxygen atoms in total. The summed E-state index contributed by atoms with van der Waals surface area (Å²) in [5.74, 6) is 0.568. The van der Waals surface area contributed by atoms with Crippen LogP contribution in [0.1, 0.15) is 12.0 Å². The lowest BCUT2D eigenvalue weighted by atomic mass is 10.1. The van der Waals surface area contributed by atoms with Crippen molar-refractivity contribution in [2.24, 2.45) is 0 Å². The Labute approximate surface area is 199 Å². The number of aromatic nitrogens is 1. The molecule has 10 heteroatoms. The molecule has 0 aliphatic carbocycles. The lowest BCUT2D eigenvalue weighted by Gasteiger charge is -2.25. The first-order chi connectivity index (χ1) is 15.8. The molecule has 0 aliphatic rings. The zero-order chi connectivity index (χ0) is 23.8. The van der Waals surface area contributed by atoms with E-state index in [1.165, 1.54) is 16.2 Å². The number of carbonyl (C=O) groups is 1. The number of carbonyl (C=O) groups excluding carboxylic acids is 1. The number of ether oxygens (including phenoxy) is 1. The van der Waals surface area contributed by atoms with Crippen molar-refractivity contribution in [2.75, 3.05) is 37.1 Å². The van der Waals surface area contributed by atoms with Crippen LogP contribution in [0.3, 0.4) is 0 Å². The third-order valence-corrected chi connectivity index (χ3v) is 5.68. The lowest BCUT2D eigenvalue weighted by Crippen LogP contribution is -2.35. The highest BCUT2D eigenvalue weighted by atomic mass is 35.5. The molecule has 0 aliphatic heterocycles. The fraction of sp³-hybridized carbons (Fsp3) is 0.304. The number of aryl methyl sites for hydroxylation is 1. The number of hydrogen-bond donors (Lipinski definition) is 1. The van der Waals surface area contributed by atoms with Crippen LogP contribution in [0.4, 0.5) is 24.0 Å². The molecule has 2 aromatic carbocycles. The second-order valence-corrected chi connectivity index (χ2v) is 8.62. The van der Waals surface area contributed by atoms with Crippen LogP contribution in [-0.2, 0) is 11.2 Å². The predicted octanol–water partition coefficient (Wildman–Crippen LogP) is 6.00. The fourth-order valence-electron chi connectivity index (χ4n) is 3.16. The van der Waals surface area contributed by atoms with Gasteiger partial charge in [0, 0.05) is 29.6 Å². The Hall–Kier alpha value is -2.78. The molecule has 3 aromatic rings. The third-order valence-electron chi connectivity index (χ3n) is 4.80. The topological polar surface area (TPSA) is 54.5 Å². The smallest absolute Gasteiger partial charge is 0.338 e. The molecule has 0 radical (unpaired) electrons. The second kappa shape index (κ2) is 11.4. The van der Waals surface area contributed by atoms with E-state index in [1.807, 2.05) is 29.6 Å². The minimum absolute atomic E-state index is 0.184. The molecule has 1 N–H and O–H groups in total. The number of benzene rings is 2. The Morgan fingerprint density at radius 3 is 2.48 bits per heavy atom. The zero-order valence-electron chi connectivity index (χ0n) is 17.9. The molecule has 1 amide bonds. The molecule has 1 heterocycles. The molecule has 1 aromatic heterocycles. The number of halogens is 4. The van der Waals surface area contributed by atoms with Gasteiger partial charge in [-0.2, -0.15) is 8.78 Å². The van der Waals surface area contributed by atoms with Crippen molar-refractivity contribution in [1.82, 2.24) is 4.98 Å². The van der Waals surface area contributed by atoms with E-state index in [0.717, 1.165) is 22.6 Å². The van der Waals surface area contributed by atoms with Gasteiger partial charge in [-0.1, -0.05) is 12.1 Å². The fourth-order valence-corrected chi connectivity index (χ4v) is 4.04. The maximum absolute atomic E-state index is 13.1. The first-order valence-electron chi connectivity index (χ1n) is 10.1. The van der Waals surface area contributed by atoms with Crippen molar-refractivity contribution in [3.8, 4) is 17.0 Å². The molecule has 33 heavy (non-hydrogen) atoms. The Balaban J connectivity index is 1.53. The highest BCUT2D eigenvalue weighted by Gasteiger charge is 2.28. The van der Waals surface area contributed by atoms with Gasteiger partial charge < -0.3 is 15.0 Å². The van der Waals surface area contributed by atoms with Gasteiger partial charge in [0.25, 0.3) is 0 Å². The summed E-state index contributed by atoms with van der Waals surface area (Å²) in [6.45, 7) is -1.74. The average Bonchev–Trinajstić information content (AvgIpc) is 3.25. The van der Waals surface area contributed by atoms with Crippen molar-refractivity contribution >= 4 is 39.7 Å². The van der Waals surface area contributed by atoms with Crippen LogP contribution < -0.4 is 15.0 Å². The van der Waals surface area contributed by atoms with Crippen molar-refractivity contribution < 1.29 is 22.7 Å². The van der Waals surface area contributed by atoms with Gasteiger partial charge in [-0.3, -0.25) is 4.79 Å². The molecule has 3 rings (SSSR count). The molecule has 0 saturated carbocycles. The first-order valence-corrected chi connectivity index (χ1v) is 11.4. The van der Waals surface area contributed by atoms with Gasteiger partial charge in [0.2, 0.25) is 5.91 Å². The van der Waals surface area contributed by atoms with Crippen molar-refractivity contribution in [1.29, 1.82) is 0 Å². The summed E-state index contributed by atoms with van der Waals surface area (Å²) in [6, 6.07) is 14.2. The van der Waals surface area contributed by atoms with E-state index in [-0.39, 0.29) is 18.9 Å². The summed E-state index contributed by atoms with van der Waals surface area (Å²) in [6.07, 6.45) is 0.683. The highest BCUT2D eigenvalue weighted by molar-refractivity contribution is 7.14. The summed E-state index contributed by atoms with van der Waals surface area (Å²) in [4.78, 5) is 18.0. The number of amides is 1. The molecule has 176 valence electrons. The Bertz CT molecular complexity index is 1040. The number of nitrogens with one attached hydrogen (secondary N) is 1. The van der Waals surface area contributed by atoms with E-state index in [0.29, 0.717) is 17.2 Å². The Morgan fingerprint density at radius 1 is 1.18 bits per heavy atom. The summed E-state index contributed by atoms with van der Waals surface area (Å²) < 4.78 is 44.1. The molecule has 0 fully saturated rings. The standard InChI is InChI=1S/C23H23ClF3N3O2S/c1-32-19-9-5-17(6-10-19)20-14-33-22(28-20)29-21(31)11-4-16-2-7-18(8-3-16)30(13-12-25)15-23(24,26)27/h2-3,5-10,14H,4,11-13,15H2,1H3,(H,28,29,31). The molecule has 0 spiro atoms. The van der Waals surface area contributed by atoms with Crippen LogP contribution in [0.2, 0.25) is 0 Å². The number of hydrogen-bond acceptors (Lipinski definition) is 5. The van der Waals surface area contributed by atoms with Crippen LogP contribution in [0.15, 0.2) is 53.9 Å². The van der Waals surface area contributed by atoms with Crippen LogP contribution in [0.25, 0.3) is 11.3 Å². The van der Waals surface area contributed by atoms with E-state index < -0.39 is 18.6 Å². The van der Waals surface area contributed by atoms with Crippen molar-refractivity contribution in [2.45, 2.75) is 18.2 Å². The maximum Gasteiger partial charge on any atom is 0.338 e. The van der Waals surface area contributed by atoms with Crippen LogP contribution in [0, 0.1) is 0 Å². The van der Waals surface area contributed by atoms with Crippen molar-refractivity contribution in [3.63, 3.8) is 0 Å². The van der Waals surface area contributed by atoms with Gasteiger partial charge in [0.15, 0.2) is 5.13 Å². The molecular formula is C23H23ClF3N3O2S. The van der Waals surface area contributed by atoms with Gasteiger partial charge >= 0.3 is 5.38 Å². The lowest BCUT2D eigenvalue weighted by molar-refractivity contribution is -0.116. The summed E-state index contributed by atoms with van der Waals surface area (Å²) >= 11 is 6.33. The van der Waals surface area contributed by atoms with Crippen LogP contribution in [-0.4, -0.2) is 43.1 Å². The van der Waals surface area contributed by atoms with Gasteiger partial charge in [0.05, 0.1) is 19.3 Å². The van der Waals surface area contributed by atoms with E-state index >= 15 is 0 Å². The van der Waals surface area contributed by atoms with Gasteiger partial charge in [-0.25, -0.2) is 9.37 Å². The average molecular weight is 498 g/mol. The van der Waals surface area contributed by atoms with Crippen LogP contribution in [0.5, 0.6) is 5.75 Å². The molecule has 0 unspecified atom stereocenters. The Kier molecular flexibility index (Phi) is 8.57. The predicted molar refractivity (Wildman–Crippen MR) is 126 cm³/mol. The normalized spacial score (nSPS) is 11.3. The summed E-state index contributed by atoms with van der Waals surface area (Å²) in [5.41, 5.74) is 2.97. The summed E-state index contributed by atoms with van der Waals surface area (Å²) in [5, 5.41) is 1.71. The largest absolute Gasteiger partial charge is 0.497 e. The van der Waals surface area contributed by atoms with Crippen LogP contribution >= 0.6 is 22.9 Å². The number of anilines is 2. The van der Waals surface area contributed by atoms with E-state index in [4.69, 9.17) is 16.3 Å². The first kappa shape index (κ1) is 24.9. The van der Waals surface area contributed by atoms with E-state index in [9.17, 15) is 18.0 Å². The van der Waals surface area contributed by atoms with Crippen molar-refractivity contribution in [3.05, 3.63) is 59.5 Å². The molecular weight excluding hydrogens is 475 g/mol. The minimum atomic E-state index is -3.45. The minimum Gasteiger partial charge on any atom is -0.497 e. The monoisotopic (exact) mass is 497 g/mol. The Morgan fingerprint density at radius 2 is 1.88 bits per heavy atom. The van der Waals surface area contributed by atoms with E-state index in [2.05, 4.69) is 10.3 Å². The number of thiazole rings is 1. The van der Waals surface area contributed by atoms with E-state index in [1.54, 1.807) is 31.4 Å². The number of nitrogens with zero attached hydrogens (tertiary/aromatic N) is 2.